The molecule has 1 aromatic rings. The number of rotatable bonds is 7. The van der Waals surface area contributed by atoms with E-state index >= 15 is 0 Å². The smallest absolute Gasteiger partial charge is 0.252 e. The number of methoxy groups -OCH3 is 2. The molecule has 0 amide bonds. The molecule has 0 aliphatic carbocycles. The molecule has 4 nitrogen and oxygen atoms in total. The highest BCUT2D eigenvalue weighted by molar-refractivity contribution is 6.67. The van der Waals surface area contributed by atoms with Gasteiger partial charge in [0.15, 0.2) is 11.5 Å². The van der Waals surface area contributed by atoms with Gasteiger partial charge in [0, 0.05) is 19.1 Å². The quantitative estimate of drug-likeness (QED) is 0.716. The van der Waals surface area contributed by atoms with Crippen molar-refractivity contribution in [1.82, 2.24) is 0 Å². The van der Waals surface area contributed by atoms with E-state index in [1.165, 1.54) is 0 Å². The van der Waals surface area contributed by atoms with Crippen molar-refractivity contribution in [3.8, 4) is 11.5 Å². The molecule has 0 aliphatic rings. The molecule has 0 saturated carbocycles. The maximum Gasteiger partial charge on any atom is 0.252 e. The molecule has 0 aromatic heterocycles. The molecule has 0 saturated heterocycles. The lowest BCUT2D eigenvalue weighted by Crippen LogP contribution is -2.11. The van der Waals surface area contributed by atoms with Gasteiger partial charge in [0.25, 0.3) is 5.24 Å². The van der Waals surface area contributed by atoms with E-state index in [-0.39, 0.29) is 6.10 Å². The Bertz CT molecular complexity index is 406. The van der Waals surface area contributed by atoms with Gasteiger partial charge in [-0.25, -0.2) is 0 Å². The average molecular weight is 273 g/mol. The molecule has 0 radical (unpaired) electrons. The van der Waals surface area contributed by atoms with Crippen LogP contribution in [0.15, 0.2) is 18.2 Å². The second-order valence-corrected chi connectivity index (χ2v) is 4.17. The minimum atomic E-state index is -0.521. The van der Waals surface area contributed by atoms with E-state index in [0.29, 0.717) is 23.7 Å². The number of halogens is 1. The summed E-state index contributed by atoms with van der Waals surface area (Å²) in [5, 5.41) is -0.521. The molecule has 0 spiro atoms. The topological polar surface area (TPSA) is 44.8 Å². The summed E-state index contributed by atoms with van der Waals surface area (Å²) in [6.07, 6.45) is 0.868. The Hall–Kier alpha value is -1.26. The summed E-state index contributed by atoms with van der Waals surface area (Å²) in [4.78, 5) is 11.1. The molecular formula is C13H17ClO4. The van der Waals surface area contributed by atoms with Gasteiger partial charge in [-0.15, -0.1) is 0 Å². The second-order valence-electron chi connectivity index (χ2n) is 3.82. The monoisotopic (exact) mass is 272 g/mol. The summed E-state index contributed by atoms with van der Waals surface area (Å²) in [6.45, 7) is 2.44. The molecular weight excluding hydrogens is 256 g/mol. The Kier molecular flexibility index (Phi) is 5.95. The van der Waals surface area contributed by atoms with Crippen molar-refractivity contribution in [2.24, 2.45) is 0 Å². The van der Waals surface area contributed by atoms with Gasteiger partial charge in [-0.1, -0.05) is 0 Å². The maximum atomic E-state index is 11.1. The zero-order chi connectivity index (χ0) is 13.5. The van der Waals surface area contributed by atoms with E-state index in [9.17, 15) is 4.79 Å². The number of carbonyl (C=O) groups is 1. The van der Waals surface area contributed by atoms with Gasteiger partial charge in [0.05, 0.1) is 19.8 Å². The van der Waals surface area contributed by atoms with Gasteiger partial charge in [0.2, 0.25) is 0 Å². The summed E-state index contributed by atoms with van der Waals surface area (Å²) < 4.78 is 15.8. The normalized spacial score (nSPS) is 12.0. The SMILES string of the molecule is COc1ccc(C(=O)Cl)cc1OCCC(C)OC. The van der Waals surface area contributed by atoms with Gasteiger partial charge in [-0.2, -0.15) is 0 Å². The van der Waals surface area contributed by atoms with Gasteiger partial charge in [-0.05, 0) is 36.7 Å². The van der Waals surface area contributed by atoms with Crippen LogP contribution in [0.1, 0.15) is 23.7 Å². The van der Waals surface area contributed by atoms with Crippen LogP contribution in [-0.4, -0.2) is 32.2 Å². The van der Waals surface area contributed by atoms with Gasteiger partial charge >= 0.3 is 0 Å². The second kappa shape index (κ2) is 7.24. The molecule has 0 bridgehead atoms. The number of benzene rings is 1. The van der Waals surface area contributed by atoms with E-state index in [0.717, 1.165) is 6.42 Å². The van der Waals surface area contributed by atoms with Crippen molar-refractivity contribution in [1.29, 1.82) is 0 Å². The van der Waals surface area contributed by atoms with Crippen LogP contribution >= 0.6 is 11.6 Å². The third-order valence-corrected chi connectivity index (χ3v) is 2.79. The Balaban J connectivity index is 2.72. The van der Waals surface area contributed by atoms with Crippen LogP contribution in [0.4, 0.5) is 0 Å². The molecule has 0 heterocycles. The van der Waals surface area contributed by atoms with Crippen LogP contribution < -0.4 is 9.47 Å². The van der Waals surface area contributed by atoms with Crippen LogP contribution in [0.25, 0.3) is 0 Å². The minimum absolute atomic E-state index is 0.119. The van der Waals surface area contributed by atoms with Crippen LogP contribution in [0.5, 0.6) is 11.5 Å². The fourth-order valence-electron chi connectivity index (χ4n) is 1.36. The van der Waals surface area contributed by atoms with Gasteiger partial charge < -0.3 is 14.2 Å². The lowest BCUT2D eigenvalue weighted by molar-refractivity contribution is 0.0949. The molecule has 1 unspecified atom stereocenters. The predicted octanol–water partition coefficient (Wildman–Crippen LogP) is 2.88. The Morgan fingerprint density at radius 2 is 2.06 bits per heavy atom. The molecule has 0 aliphatic heterocycles. The number of hydrogen-bond acceptors (Lipinski definition) is 4. The summed E-state index contributed by atoms with van der Waals surface area (Å²) in [5.74, 6) is 1.08. The summed E-state index contributed by atoms with van der Waals surface area (Å²) in [5.41, 5.74) is 0.382. The number of hydrogen-bond donors (Lipinski definition) is 0. The van der Waals surface area contributed by atoms with E-state index in [2.05, 4.69) is 0 Å². The third-order valence-electron chi connectivity index (χ3n) is 2.57. The van der Waals surface area contributed by atoms with Crippen LogP contribution in [0.3, 0.4) is 0 Å². The first-order valence-corrected chi connectivity index (χ1v) is 5.99. The van der Waals surface area contributed by atoms with Gasteiger partial charge in [-0.3, -0.25) is 4.79 Å². The largest absolute Gasteiger partial charge is 0.493 e. The van der Waals surface area contributed by atoms with Crippen molar-refractivity contribution < 1.29 is 19.0 Å². The van der Waals surface area contributed by atoms with E-state index in [4.69, 9.17) is 25.8 Å². The van der Waals surface area contributed by atoms with Crippen molar-refractivity contribution >= 4 is 16.8 Å². The lowest BCUT2D eigenvalue weighted by atomic mass is 10.2. The van der Waals surface area contributed by atoms with Crippen molar-refractivity contribution in [2.45, 2.75) is 19.4 Å². The van der Waals surface area contributed by atoms with Crippen LogP contribution in [0, 0.1) is 0 Å². The highest BCUT2D eigenvalue weighted by Crippen LogP contribution is 2.28. The first kappa shape index (κ1) is 14.8. The molecule has 18 heavy (non-hydrogen) atoms. The summed E-state index contributed by atoms with van der Waals surface area (Å²) in [6, 6.07) is 4.83. The third kappa shape index (κ3) is 4.20. The Labute approximate surface area is 112 Å². The molecule has 100 valence electrons. The highest BCUT2D eigenvalue weighted by atomic mass is 35.5. The fourth-order valence-corrected chi connectivity index (χ4v) is 1.48. The van der Waals surface area contributed by atoms with Crippen LogP contribution in [-0.2, 0) is 4.74 Å². The molecule has 0 fully saturated rings. The molecule has 1 aromatic carbocycles. The predicted molar refractivity (Wildman–Crippen MR) is 69.8 cm³/mol. The zero-order valence-corrected chi connectivity index (χ0v) is 11.5. The van der Waals surface area contributed by atoms with E-state index in [1.807, 2.05) is 6.92 Å². The summed E-state index contributed by atoms with van der Waals surface area (Å²) in [7, 11) is 3.19. The molecule has 5 heteroatoms. The van der Waals surface area contributed by atoms with E-state index < -0.39 is 5.24 Å². The minimum Gasteiger partial charge on any atom is -0.493 e. The number of carbonyl (C=O) groups excluding carboxylic acids is 1. The van der Waals surface area contributed by atoms with Crippen molar-refractivity contribution in [2.75, 3.05) is 20.8 Å². The van der Waals surface area contributed by atoms with Crippen molar-refractivity contribution in [3.05, 3.63) is 23.8 Å². The summed E-state index contributed by atoms with van der Waals surface area (Å²) >= 11 is 5.42. The average Bonchev–Trinajstić information content (AvgIpc) is 2.38. The standard InChI is InChI=1S/C13H17ClO4/c1-9(16-2)6-7-18-12-8-10(13(14)15)4-5-11(12)17-3/h4-5,8-9H,6-7H2,1-3H3. The highest BCUT2D eigenvalue weighted by Gasteiger charge is 2.10. The van der Waals surface area contributed by atoms with Crippen LogP contribution in [0.2, 0.25) is 0 Å². The van der Waals surface area contributed by atoms with Crippen molar-refractivity contribution in [3.63, 3.8) is 0 Å². The molecule has 1 atom stereocenters. The first-order valence-electron chi connectivity index (χ1n) is 5.62. The maximum absolute atomic E-state index is 11.1. The number of ether oxygens (including phenoxy) is 3. The fraction of sp³-hybridized carbons (Fsp3) is 0.462. The Morgan fingerprint density at radius 3 is 2.61 bits per heavy atom. The molecule has 1 rings (SSSR count). The van der Waals surface area contributed by atoms with E-state index in [1.54, 1.807) is 32.4 Å². The van der Waals surface area contributed by atoms with Gasteiger partial charge in [0.1, 0.15) is 0 Å². The lowest BCUT2D eigenvalue weighted by Gasteiger charge is -2.13. The first-order chi connectivity index (χ1) is 8.58. The Morgan fingerprint density at radius 1 is 1.33 bits per heavy atom. The zero-order valence-electron chi connectivity index (χ0n) is 10.7. The molecule has 0 N–H and O–H groups in total.